The van der Waals surface area contributed by atoms with E-state index in [1.165, 1.54) is 17.8 Å². The highest BCUT2D eigenvalue weighted by atomic mass is 32.2. The molecule has 0 fully saturated rings. The van der Waals surface area contributed by atoms with Crippen LogP contribution >= 0.6 is 11.8 Å². The van der Waals surface area contributed by atoms with E-state index in [0.29, 0.717) is 16.3 Å². The molecule has 3 N–H and O–H groups in total. The van der Waals surface area contributed by atoms with Crippen molar-refractivity contribution in [2.45, 2.75) is 24.1 Å². The zero-order valence-electron chi connectivity index (χ0n) is 12.3. The van der Waals surface area contributed by atoms with Gasteiger partial charge in [0.25, 0.3) is 5.91 Å². The van der Waals surface area contributed by atoms with Crippen LogP contribution in [0.25, 0.3) is 0 Å². The molecule has 2 aromatic rings. The number of nitriles is 1. The molecule has 0 saturated carbocycles. The minimum absolute atomic E-state index is 0.121. The van der Waals surface area contributed by atoms with E-state index in [1.807, 2.05) is 32.0 Å². The van der Waals surface area contributed by atoms with Crippen LogP contribution in [0.2, 0.25) is 0 Å². The molecular weight excluding hydrogens is 296 g/mol. The summed E-state index contributed by atoms with van der Waals surface area (Å²) in [6.45, 7) is 4.00. The van der Waals surface area contributed by atoms with Gasteiger partial charge in [0.1, 0.15) is 16.9 Å². The van der Waals surface area contributed by atoms with Crippen molar-refractivity contribution >= 4 is 29.2 Å². The lowest BCUT2D eigenvalue weighted by atomic mass is 10.2. The third-order valence-electron chi connectivity index (χ3n) is 2.76. The zero-order valence-corrected chi connectivity index (χ0v) is 13.1. The fourth-order valence-corrected chi connectivity index (χ4v) is 2.63. The summed E-state index contributed by atoms with van der Waals surface area (Å²) in [6, 6.07) is 12.6. The van der Waals surface area contributed by atoms with E-state index in [2.05, 4.69) is 16.4 Å². The molecule has 0 aliphatic heterocycles. The molecule has 1 aromatic heterocycles. The standard InChI is InChI=1S/C16H16N4OS/c1-10(2)22-16-11(9-17)8-13(14(18)20-16)15(21)19-12-6-4-3-5-7-12/h3-8,10H,1-2H3,(H2,18,20)(H,19,21). The molecule has 1 aromatic carbocycles. The second-order valence-electron chi connectivity index (χ2n) is 4.87. The molecule has 112 valence electrons. The van der Waals surface area contributed by atoms with Gasteiger partial charge in [0.2, 0.25) is 0 Å². The molecule has 0 unspecified atom stereocenters. The number of thioether (sulfide) groups is 1. The predicted octanol–water partition coefficient (Wildman–Crippen LogP) is 3.29. The Labute approximate surface area is 133 Å². The molecule has 1 amide bonds. The van der Waals surface area contributed by atoms with E-state index in [4.69, 9.17) is 5.73 Å². The topological polar surface area (TPSA) is 91.8 Å². The molecule has 0 spiro atoms. The Morgan fingerprint density at radius 2 is 2.05 bits per heavy atom. The predicted molar refractivity (Wildman–Crippen MR) is 88.8 cm³/mol. The lowest BCUT2D eigenvalue weighted by Gasteiger charge is -2.11. The van der Waals surface area contributed by atoms with Gasteiger partial charge in [-0.05, 0) is 18.2 Å². The van der Waals surface area contributed by atoms with Crippen molar-refractivity contribution in [3.8, 4) is 6.07 Å². The zero-order chi connectivity index (χ0) is 16.1. The molecule has 0 bridgehead atoms. The number of hydrogen-bond donors (Lipinski definition) is 2. The van der Waals surface area contributed by atoms with E-state index in [1.54, 1.807) is 12.1 Å². The number of hydrogen-bond acceptors (Lipinski definition) is 5. The van der Waals surface area contributed by atoms with Gasteiger partial charge in [-0.15, -0.1) is 11.8 Å². The molecule has 0 aliphatic carbocycles. The molecule has 1 heterocycles. The third-order valence-corrected chi connectivity index (χ3v) is 3.77. The maximum Gasteiger partial charge on any atom is 0.259 e. The Bertz CT molecular complexity index is 723. The van der Waals surface area contributed by atoms with Gasteiger partial charge < -0.3 is 11.1 Å². The van der Waals surface area contributed by atoms with E-state index >= 15 is 0 Å². The summed E-state index contributed by atoms with van der Waals surface area (Å²) in [5.41, 5.74) is 7.09. The number of carbonyl (C=O) groups is 1. The fraction of sp³-hybridized carbons (Fsp3) is 0.188. The summed E-state index contributed by atoms with van der Waals surface area (Å²) in [4.78, 5) is 16.5. The molecule has 2 rings (SSSR count). The number of anilines is 2. The lowest BCUT2D eigenvalue weighted by molar-refractivity contribution is 0.102. The van der Waals surface area contributed by atoms with Gasteiger partial charge >= 0.3 is 0 Å². The van der Waals surface area contributed by atoms with Crippen molar-refractivity contribution in [3.05, 3.63) is 47.5 Å². The maximum absolute atomic E-state index is 12.3. The highest BCUT2D eigenvalue weighted by Crippen LogP contribution is 2.27. The minimum Gasteiger partial charge on any atom is -0.383 e. The van der Waals surface area contributed by atoms with Gasteiger partial charge in [0, 0.05) is 10.9 Å². The van der Waals surface area contributed by atoms with Crippen LogP contribution < -0.4 is 11.1 Å². The first-order chi connectivity index (χ1) is 10.5. The Morgan fingerprint density at radius 3 is 2.64 bits per heavy atom. The summed E-state index contributed by atoms with van der Waals surface area (Å²) in [5.74, 6) is -0.260. The van der Waals surface area contributed by atoms with Gasteiger partial charge in [-0.1, -0.05) is 32.0 Å². The number of aromatic nitrogens is 1. The number of pyridine rings is 1. The van der Waals surface area contributed by atoms with Gasteiger partial charge in [0.05, 0.1) is 11.1 Å². The molecular formula is C16H16N4OS. The third kappa shape index (κ3) is 3.77. The first-order valence-corrected chi connectivity index (χ1v) is 7.63. The summed E-state index contributed by atoms with van der Waals surface area (Å²) >= 11 is 1.44. The van der Waals surface area contributed by atoms with Crippen LogP contribution in [0.5, 0.6) is 0 Å². The smallest absolute Gasteiger partial charge is 0.259 e. The van der Waals surface area contributed by atoms with E-state index in [0.717, 1.165) is 0 Å². The Kier molecular flexibility index (Phi) is 5.02. The SMILES string of the molecule is CC(C)Sc1nc(N)c(C(=O)Nc2ccccc2)cc1C#N. The number of nitrogens with one attached hydrogen (secondary N) is 1. The van der Waals surface area contributed by atoms with Crippen molar-refractivity contribution in [2.75, 3.05) is 11.1 Å². The van der Waals surface area contributed by atoms with Crippen LogP contribution in [-0.2, 0) is 0 Å². The van der Waals surface area contributed by atoms with Crippen LogP contribution in [0.4, 0.5) is 11.5 Å². The van der Waals surface area contributed by atoms with E-state index in [-0.39, 0.29) is 22.5 Å². The summed E-state index contributed by atoms with van der Waals surface area (Å²) < 4.78 is 0. The van der Waals surface area contributed by atoms with Crippen molar-refractivity contribution in [1.82, 2.24) is 4.98 Å². The van der Waals surface area contributed by atoms with Crippen LogP contribution in [-0.4, -0.2) is 16.1 Å². The number of carbonyl (C=O) groups excluding carboxylic acids is 1. The van der Waals surface area contributed by atoms with Crippen LogP contribution in [0.1, 0.15) is 29.8 Å². The van der Waals surface area contributed by atoms with E-state index in [9.17, 15) is 10.1 Å². The number of amides is 1. The molecule has 0 saturated heterocycles. The monoisotopic (exact) mass is 312 g/mol. The van der Waals surface area contributed by atoms with Gasteiger partial charge in [-0.25, -0.2) is 4.98 Å². The van der Waals surface area contributed by atoms with Gasteiger partial charge in [-0.2, -0.15) is 5.26 Å². The largest absolute Gasteiger partial charge is 0.383 e. The number of nitrogens with two attached hydrogens (primary N) is 1. The number of rotatable bonds is 4. The molecule has 0 radical (unpaired) electrons. The number of para-hydroxylation sites is 1. The fourth-order valence-electron chi connectivity index (χ4n) is 1.80. The summed E-state index contributed by atoms with van der Waals surface area (Å²) in [7, 11) is 0. The van der Waals surface area contributed by atoms with Gasteiger partial charge in [0.15, 0.2) is 0 Å². The second kappa shape index (κ2) is 6.96. The van der Waals surface area contributed by atoms with Gasteiger partial charge in [-0.3, -0.25) is 4.79 Å². The molecule has 6 heteroatoms. The molecule has 0 atom stereocenters. The highest BCUT2D eigenvalue weighted by Gasteiger charge is 2.17. The average molecular weight is 312 g/mol. The first kappa shape index (κ1) is 15.9. The normalized spacial score (nSPS) is 10.3. The first-order valence-electron chi connectivity index (χ1n) is 6.75. The van der Waals surface area contributed by atoms with Crippen LogP contribution in [0, 0.1) is 11.3 Å². The Balaban J connectivity index is 2.31. The molecule has 5 nitrogen and oxygen atoms in total. The van der Waals surface area contributed by atoms with Crippen LogP contribution in [0.3, 0.4) is 0 Å². The Hall–Kier alpha value is -2.52. The highest BCUT2D eigenvalue weighted by molar-refractivity contribution is 7.99. The maximum atomic E-state index is 12.3. The second-order valence-corrected chi connectivity index (χ2v) is 6.44. The number of nitrogens with zero attached hydrogens (tertiary/aromatic N) is 2. The average Bonchev–Trinajstić information content (AvgIpc) is 2.47. The number of benzene rings is 1. The van der Waals surface area contributed by atoms with Crippen LogP contribution in [0.15, 0.2) is 41.4 Å². The van der Waals surface area contributed by atoms with Crippen molar-refractivity contribution in [2.24, 2.45) is 0 Å². The van der Waals surface area contributed by atoms with E-state index < -0.39 is 0 Å². The van der Waals surface area contributed by atoms with Crippen molar-refractivity contribution in [3.63, 3.8) is 0 Å². The quantitative estimate of drug-likeness (QED) is 0.845. The van der Waals surface area contributed by atoms with Crippen molar-refractivity contribution in [1.29, 1.82) is 5.26 Å². The number of nitrogen functional groups attached to an aromatic ring is 1. The Morgan fingerprint density at radius 1 is 1.36 bits per heavy atom. The summed E-state index contributed by atoms with van der Waals surface area (Å²) in [6.07, 6.45) is 0. The molecule has 22 heavy (non-hydrogen) atoms. The minimum atomic E-state index is -0.381. The molecule has 0 aliphatic rings. The lowest BCUT2D eigenvalue weighted by Crippen LogP contribution is -2.15. The summed E-state index contributed by atoms with van der Waals surface area (Å²) in [5, 5.41) is 12.8. The van der Waals surface area contributed by atoms with Crippen molar-refractivity contribution < 1.29 is 4.79 Å².